The van der Waals surface area contributed by atoms with Crippen molar-refractivity contribution in [3.8, 4) is 17.4 Å². The Morgan fingerprint density at radius 1 is 1.08 bits per heavy atom. The molecule has 1 aliphatic heterocycles. The highest BCUT2D eigenvalue weighted by molar-refractivity contribution is 6.01. The highest BCUT2D eigenvalue weighted by Crippen LogP contribution is 2.24. The summed E-state index contributed by atoms with van der Waals surface area (Å²) in [5, 5.41) is 18.3. The van der Waals surface area contributed by atoms with Crippen LogP contribution in [-0.2, 0) is 4.79 Å². The van der Waals surface area contributed by atoms with Gasteiger partial charge in [-0.25, -0.2) is 4.79 Å². The van der Waals surface area contributed by atoms with E-state index in [2.05, 4.69) is 0 Å². The first-order valence-electron chi connectivity index (χ1n) is 8.43. The zero-order valence-corrected chi connectivity index (χ0v) is 14.1. The molecule has 1 saturated heterocycles. The number of carboxylic acid groups (broad SMARTS) is 1. The quantitative estimate of drug-likeness (QED) is 0.672. The van der Waals surface area contributed by atoms with Gasteiger partial charge in [0.1, 0.15) is 23.2 Å². The standard InChI is InChI=1S/C20H18N2O4/c21-13-16(19(23)22-10-2-1-3-11-22)12-17-8-9-18(26-17)14-4-6-15(7-5-14)20(24)25/h4-9,12H,1-3,10-11H2,(H,24,25)/b16-12-. The molecule has 6 nitrogen and oxygen atoms in total. The van der Waals surface area contributed by atoms with Gasteiger partial charge >= 0.3 is 5.97 Å². The minimum atomic E-state index is -0.991. The maximum absolute atomic E-state index is 12.4. The number of rotatable bonds is 4. The molecule has 0 spiro atoms. The number of carbonyl (C=O) groups excluding carboxylic acids is 1. The van der Waals surface area contributed by atoms with E-state index in [1.807, 2.05) is 6.07 Å². The van der Waals surface area contributed by atoms with Gasteiger partial charge in [-0.3, -0.25) is 4.79 Å². The van der Waals surface area contributed by atoms with Crippen molar-refractivity contribution in [3.05, 3.63) is 53.3 Å². The fourth-order valence-electron chi connectivity index (χ4n) is 2.91. The molecule has 6 heteroatoms. The van der Waals surface area contributed by atoms with Crippen molar-refractivity contribution in [2.24, 2.45) is 0 Å². The van der Waals surface area contributed by atoms with E-state index in [1.54, 1.807) is 29.2 Å². The lowest BCUT2D eigenvalue weighted by atomic mass is 10.1. The first-order valence-corrected chi connectivity index (χ1v) is 8.43. The van der Waals surface area contributed by atoms with Gasteiger partial charge in [-0.15, -0.1) is 0 Å². The maximum Gasteiger partial charge on any atom is 0.335 e. The predicted molar refractivity (Wildman–Crippen MR) is 95.1 cm³/mol. The third-order valence-electron chi connectivity index (χ3n) is 4.32. The molecule has 132 valence electrons. The Morgan fingerprint density at radius 2 is 1.77 bits per heavy atom. The molecule has 1 aromatic carbocycles. The van der Waals surface area contributed by atoms with Crippen molar-refractivity contribution >= 4 is 18.0 Å². The van der Waals surface area contributed by atoms with Gasteiger partial charge in [-0.2, -0.15) is 5.26 Å². The van der Waals surface area contributed by atoms with Gasteiger partial charge < -0.3 is 14.4 Å². The van der Waals surface area contributed by atoms with E-state index in [4.69, 9.17) is 9.52 Å². The van der Waals surface area contributed by atoms with Crippen molar-refractivity contribution in [1.82, 2.24) is 4.90 Å². The molecule has 1 aromatic heterocycles. The van der Waals surface area contributed by atoms with Crippen LogP contribution in [0.3, 0.4) is 0 Å². The number of furan rings is 1. The van der Waals surface area contributed by atoms with E-state index in [1.165, 1.54) is 18.2 Å². The lowest BCUT2D eigenvalue weighted by Crippen LogP contribution is -2.36. The Bertz CT molecular complexity index is 881. The molecule has 1 amide bonds. The van der Waals surface area contributed by atoms with Crippen LogP contribution in [0.15, 0.2) is 46.4 Å². The van der Waals surface area contributed by atoms with E-state index in [0.717, 1.165) is 24.8 Å². The lowest BCUT2D eigenvalue weighted by molar-refractivity contribution is -0.127. The molecular formula is C20H18N2O4. The number of aromatic carboxylic acids is 1. The molecule has 0 aliphatic carbocycles. The number of carboxylic acids is 1. The minimum absolute atomic E-state index is 0.0500. The number of hydrogen-bond donors (Lipinski definition) is 1. The molecule has 26 heavy (non-hydrogen) atoms. The SMILES string of the molecule is N#C/C(=C/c1ccc(-c2ccc(C(=O)O)cc2)o1)C(=O)N1CCCCC1. The fraction of sp³-hybridized carbons (Fsp3) is 0.250. The third kappa shape index (κ3) is 3.83. The van der Waals surface area contributed by atoms with Crippen molar-refractivity contribution in [2.45, 2.75) is 19.3 Å². The number of benzene rings is 1. The van der Waals surface area contributed by atoms with E-state index in [-0.39, 0.29) is 17.0 Å². The highest BCUT2D eigenvalue weighted by atomic mass is 16.4. The van der Waals surface area contributed by atoms with Gasteiger partial charge in [0.15, 0.2) is 0 Å². The molecule has 1 aliphatic rings. The summed E-state index contributed by atoms with van der Waals surface area (Å²) < 4.78 is 5.69. The molecular weight excluding hydrogens is 332 g/mol. The minimum Gasteiger partial charge on any atom is -0.478 e. The second kappa shape index (κ2) is 7.70. The smallest absolute Gasteiger partial charge is 0.335 e. The summed E-state index contributed by atoms with van der Waals surface area (Å²) in [6.45, 7) is 1.36. The van der Waals surface area contributed by atoms with Crippen LogP contribution in [0.5, 0.6) is 0 Å². The van der Waals surface area contributed by atoms with Gasteiger partial charge in [0.2, 0.25) is 0 Å². The number of carbonyl (C=O) groups is 2. The van der Waals surface area contributed by atoms with Gasteiger partial charge in [0, 0.05) is 24.7 Å². The highest BCUT2D eigenvalue weighted by Gasteiger charge is 2.20. The summed E-state index contributed by atoms with van der Waals surface area (Å²) in [6, 6.07) is 11.7. The first kappa shape index (κ1) is 17.5. The van der Waals surface area contributed by atoms with E-state index < -0.39 is 5.97 Å². The van der Waals surface area contributed by atoms with Gasteiger partial charge in [0.05, 0.1) is 5.56 Å². The Balaban J connectivity index is 1.79. The largest absolute Gasteiger partial charge is 0.478 e. The molecule has 0 saturated carbocycles. The molecule has 2 aromatic rings. The van der Waals surface area contributed by atoms with Crippen LogP contribution in [-0.4, -0.2) is 35.0 Å². The summed E-state index contributed by atoms with van der Waals surface area (Å²) in [5.74, 6) is -0.314. The molecule has 3 rings (SSSR count). The van der Waals surface area contributed by atoms with Crippen LogP contribution < -0.4 is 0 Å². The number of nitrogens with zero attached hydrogens (tertiary/aromatic N) is 2. The van der Waals surface area contributed by atoms with Gasteiger partial charge in [-0.1, -0.05) is 12.1 Å². The third-order valence-corrected chi connectivity index (χ3v) is 4.32. The number of piperidine rings is 1. The zero-order chi connectivity index (χ0) is 18.5. The number of nitriles is 1. The average molecular weight is 350 g/mol. The summed E-state index contributed by atoms with van der Waals surface area (Å²) in [5.41, 5.74) is 0.962. The van der Waals surface area contributed by atoms with Crippen LogP contribution >= 0.6 is 0 Å². The Morgan fingerprint density at radius 3 is 2.38 bits per heavy atom. The first-order chi connectivity index (χ1) is 12.6. The summed E-state index contributed by atoms with van der Waals surface area (Å²) in [7, 11) is 0. The van der Waals surface area contributed by atoms with Crippen molar-refractivity contribution < 1.29 is 19.1 Å². The molecule has 0 bridgehead atoms. The predicted octanol–water partition coefficient (Wildman–Crippen LogP) is 3.56. The lowest BCUT2D eigenvalue weighted by Gasteiger charge is -2.26. The van der Waals surface area contributed by atoms with Gasteiger partial charge in [-0.05, 0) is 43.5 Å². The van der Waals surface area contributed by atoms with Crippen molar-refractivity contribution in [3.63, 3.8) is 0 Å². The Kier molecular flexibility index (Phi) is 5.18. The molecule has 1 fully saturated rings. The molecule has 0 radical (unpaired) electrons. The normalized spacial score (nSPS) is 14.7. The fourth-order valence-corrected chi connectivity index (χ4v) is 2.91. The average Bonchev–Trinajstić information content (AvgIpc) is 3.15. The van der Waals surface area contributed by atoms with Crippen molar-refractivity contribution in [1.29, 1.82) is 5.26 Å². The van der Waals surface area contributed by atoms with Crippen LogP contribution in [0.2, 0.25) is 0 Å². The zero-order valence-electron chi connectivity index (χ0n) is 14.1. The topological polar surface area (TPSA) is 94.5 Å². The molecule has 0 unspecified atom stereocenters. The molecule has 1 N–H and O–H groups in total. The molecule has 0 atom stereocenters. The van der Waals surface area contributed by atoms with Crippen LogP contribution in [0, 0.1) is 11.3 Å². The summed E-state index contributed by atoms with van der Waals surface area (Å²) >= 11 is 0. The Hall–Kier alpha value is -3.33. The van der Waals surface area contributed by atoms with Gasteiger partial charge in [0.25, 0.3) is 5.91 Å². The summed E-state index contributed by atoms with van der Waals surface area (Å²) in [6.07, 6.45) is 4.48. The second-order valence-corrected chi connectivity index (χ2v) is 6.11. The van der Waals surface area contributed by atoms with Crippen LogP contribution in [0.4, 0.5) is 0 Å². The number of hydrogen-bond acceptors (Lipinski definition) is 4. The van der Waals surface area contributed by atoms with Crippen LogP contribution in [0.25, 0.3) is 17.4 Å². The number of amides is 1. The number of likely N-dealkylation sites (tertiary alicyclic amines) is 1. The van der Waals surface area contributed by atoms with E-state index in [9.17, 15) is 14.9 Å². The maximum atomic E-state index is 12.4. The van der Waals surface area contributed by atoms with Crippen molar-refractivity contribution in [2.75, 3.05) is 13.1 Å². The second-order valence-electron chi connectivity index (χ2n) is 6.11. The van der Waals surface area contributed by atoms with E-state index in [0.29, 0.717) is 24.6 Å². The monoisotopic (exact) mass is 350 g/mol. The Labute approximate surface area is 151 Å². The summed E-state index contributed by atoms with van der Waals surface area (Å²) in [4.78, 5) is 25.1. The molecule has 2 heterocycles. The van der Waals surface area contributed by atoms with E-state index >= 15 is 0 Å². The van der Waals surface area contributed by atoms with Crippen LogP contribution in [0.1, 0.15) is 35.4 Å².